The quantitative estimate of drug-likeness (QED) is 0.499. The summed E-state index contributed by atoms with van der Waals surface area (Å²) in [6.07, 6.45) is -1.08. The standard InChI is InChI=1S/C27H31F3N6O2/c1-18-3-4-21(32-26(37)36-6-5-19(15-36)14-27(28,29)30)13-22(18)20-11-23(24-16-34(2)17-31-24)33-25(12-20)35-7-9-38-10-8-35/h3-4,11-13,16-17,19H,5-10,14-15H2,1-2H3,(H,32,37)/t19-/m0/s1. The van der Waals surface area contributed by atoms with Gasteiger partial charge in [0.1, 0.15) is 11.5 Å². The maximum absolute atomic E-state index is 12.9. The highest BCUT2D eigenvalue weighted by Crippen LogP contribution is 2.34. The minimum atomic E-state index is -4.22. The number of alkyl halides is 3. The van der Waals surface area contributed by atoms with Crippen LogP contribution in [0.25, 0.3) is 22.5 Å². The van der Waals surface area contributed by atoms with Gasteiger partial charge in [-0.3, -0.25) is 0 Å². The molecular weight excluding hydrogens is 497 g/mol. The minimum absolute atomic E-state index is 0.102. The number of ether oxygens (including phenoxy) is 1. The second-order valence-electron chi connectivity index (χ2n) is 10.0. The van der Waals surface area contributed by atoms with Gasteiger partial charge in [-0.15, -0.1) is 0 Å². The third-order valence-electron chi connectivity index (χ3n) is 7.01. The second-order valence-corrected chi connectivity index (χ2v) is 10.0. The highest BCUT2D eigenvalue weighted by atomic mass is 19.4. The topological polar surface area (TPSA) is 75.5 Å². The van der Waals surface area contributed by atoms with Gasteiger partial charge in [-0.05, 0) is 60.2 Å². The number of anilines is 2. The first-order valence-corrected chi connectivity index (χ1v) is 12.7. The number of aromatic nitrogens is 3. The zero-order valence-corrected chi connectivity index (χ0v) is 21.5. The van der Waals surface area contributed by atoms with Gasteiger partial charge in [0.2, 0.25) is 0 Å². The van der Waals surface area contributed by atoms with Crippen LogP contribution in [0.5, 0.6) is 0 Å². The van der Waals surface area contributed by atoms with Gasteiger partial charge in [0.05, 0.1) is 25.2 Å². The molecule has 1 atom stereocenters. The van der Waals surface area contributed by atoms with Crippen LogP contribution in [0.1, 0.15) is 18.4 Å². The van der Waals surface area contributed by atoms with Crippen LogP contribution in [0, 0.1) is 12.8 Å². The number of nitrogens with zero attached hydrogens (tertiary/aromatic N) is 5. The van der Waals surface area contributed by atoms with E-state index < -0.39 is 18.5 Å². The summed E-state index contributed by atoms with van der Waals surface area (Å²) in [6, 6.07) is 9.27. The predicted octanol–water partition coefficient (Wildman–Crippen LogP) is 5.10. The zero-order valence-electron chi connectivity index (χ0n) is 21.5. The van der Waals surface area contributed by atoms with Crippen molar-refractivity contribution in [3.05, 3.63) is 48.4 Å². The van der Waals surface area contributed by atoms with Crippen molar-refractivity contribution in [2.24, 2.45) is 13.0 Å². The number of hydrogen-bond acceptors (Lipinski definition) is 5. The molecule has 0 aliphatic carbocycles. The number of morpholine rings is 1. The van der Waals surface area contributed by atoms with Crippen LogP contribution in [0.4, 0.5) is 29.5 Å². The van der Waals surface area contributed by atoms with Crippen molar-refractivity contribution in [2.45, 2.75) is 25.9 Å². The first-order valence-electron chi connectivity index (χ1n) is 12.7. The van der Waals surface area contributed by atoms with Crippen LogP contribution in [-0.4, -0.2) is 71.0 Å². The molecular formula is C27H31F3N6O2. The summed E-state index contributed by atoms with van der Waals surface area (Å²) in [5, 5.41) is 2.88. The number of pyridine rings is 1. The van der Waals surface area contributed by atoms with E-state index in [-0.39, 0.29) is 12.6 Å². The Morgan fingerprint density at radius 1 is 1.13 bits per heavy atom. The Morgan fingerprint density at radius 3 is 2.63 bits per heavy atom. The summed E-state index contributed by atoms with van der Waals surface area (Å²) < 4.78 is 45.7. The molecule has 2 saturated heterocycles. The van der Waals surface area contributed by atoms with Crippen LogP contribution in [0.2, 0.25) is 0 Å². The molecule has 5 rings (SSSR count). The number of likely N-dealkylation sites (tertiary alicyclic amines) is 1. The lowest BCUT2D eigenvalue weighted by Gasteiger charge is -2.28. The lowest BCUT2D eigenvalue weighted by molar-refractivity contribution is -0.143. The van der Waals surface area contributed by atoms with Gasteiger partial charge in [-0.1, -0.05) is 6.07 Å². The molecule has 1 aromatic carbocycles. The Labute approximate surface area is 219 Å². The average molecular weight is 529 g/mol. The van der Waals surface area contributed by atoms with Crippen molar-refractivity contribution in [2.75, 3.05) is 49.6 Å². The van der Waals surface area contributed by atoms with E-state index in [1.165, 1.54) is 4.90 Å². The van der Waals surface area contributed by atoms with Gasteiger partial charge < -0.3 is 24.4 Å². The number of hydrogen-bond donors (Lipinski definition) is 1. The van der Waals surface area contributed by atoms with Gasteiger partial charge in [0.25, 0.3) is 0 Å². The van der Waals surface area contributed by atoms with Crippen molar-refractivity contribution >= 4 is 17.5 Å². The molecule has 0 unspecified atom stereocenters. The Hall–Kier alpha value is -3.60. The first-order chi connectivity index (χ1) is 18.1. The van der Waals surface area contributed by atoms with Crippen LogP contribution < -0.4 is 10.2 Å². The van der Waals surface area contributed by atoms with Gasteiger partial charge >= 0.3 is 12.2 Å². The van der Waals surface area contributed by atoms with Gasteiger partial charge in [-0.2, -0.15) is 13.2 Å². The molecule has 2 aliphatic heterocycles. The molecule has 1 N–H and O–H groups in total. The number of aryl methyl sites for hydroxylation is 2. The summed E-state index contributed by atoms with van der Waals surface area (Å²) in [7, 11) is 1.91. The van der Waals surface area contributed by atoms with Crippen molar-refractivity contribution in [3.63, 3.8) is 0 Å². The molecule has 2 amide bonds. The zero-order chi connectivity index (χ0) is 26.9. The summed E-state index contributed by atoms with van der Waals surface area (Å²) in [5.41, 5.74) is 4.95. The van der Waals surface area contributed by atoms with E-state index in [1.54, 1.807) is 6.33 Å². The maximum atomic E-state index is 12.9. The number of urea groups is 1. The Kier molecular flexibility index (Phi) is 7.29. The highest BCUT2D eigenvalue weighted by Gasteiger charge is 2.36. The summed E-state index contributed by atoms with van der Waals surface area (Å²) in [5.74, 6) is 0.267. The molecule has 2 aromatic heterocycles. The van der Waals surface area contributed by atoms with E-state index in [4.69, 9.17) is 9.72 Å². The summed E-state index contributed by atoms with van der Waals surface area (Å²) in [4.78, 5) is 25.9. The number of carbonyl (C=O) groups is 1. The van der Waals surface area contributed by atoms with Crippen molar-refractivity contribution in [3.8, 4) is 22.5 Å². The Bertz CT molecular complexity index is 1300. The molecule has 38 heavy (non-hydrogen) atoms. The van der Waals surface area contributed by atoms with Gasteiger partial charge in [0, 0.05) is 51.5 Å². The number of rotatable bonds is 5. The third-order valence-corrected chi connectivity index (χ3v) is 7.01. The minimum Gasteiger partial charge on any atom is -0.378 e. The predicted molar refractivity (Wildman–Crippen MR) is 139 cm³/mol. The number of carbonyl (C=O) groups excluding carboxylic acids is 1. The average Bonchev–Trinajstić information content (AvgIpc) is 3.53. The summed E-state index contributed by atoms with van der Waals surface area (Å²) >= 11 is 0. The van der Waals surface area contributed by atoms with Crippen LogP contribution >= 0.6 is 0 Å². The lowest BCUT2D eigenvalue weighted by Crippen LogP contribution is -2.36. The number of imidazole rings is 1. The SMILES string of the molecule is Cc1ccc(NC(=O)N2CC[C@@H](CC(F)(F)F)C2)cc1-c1cc(-c2cn(C)cn2)nc(N2CCOCC2)c1. The monoisotopic (exact) mass is 528 g/mol. The number of amides is 2. The van der Waals surface area contributed by atoms with E-state index in [1.807, 2.05) is 55.1 Å². The third kappa shape index (κ3) is 6.09. The first kappa shape index (κ1) is 26.0. The maximum Gasteiger partial charge on any atom is 0.389 e. The fourth-order valence-corrected chi connectivity index (χ4v) is 5.03. The lowest BCUT2D eigenvalue weighted by atomic mass is 9.99. The smallest absolute Gasteiger partial charge is 0.378 e. The molecule has 0 bridgehead atoms. The normalized spacial score (nSPS) is 18.2. The highest BCUT2D eigenvalue weighted by molar-refractivity contribution is 5.91. The van der Waals surface area contributed by atoms with Crippen molar-refractivity contribution < 1.29 is 22.7 Å². The summed E-state index contributed by atoms with van der Waals surface area (Å²) in [6.45, 7) is 5.14. The van der Waals surface area contributed by atoms with Crippen molar-refractivity contribution in [1.29, 1.82) is 0 Å². The van der Waals surface area contributed by atoms with Crippen LogP contribution in [-0.2, 0) is 11.8 Å². The Morgan fingerprint density at radius 2 is 1.92 bits per heavy atom. The molecule has 3 aromatic rings. The molecule has 2 aliphatic rings. The molecule has 4 heterocycles. The number of benzene rings is 1. The molecule has 0 saturated carbocycles. The van der Waals surface area contributed by atoms with E-state index in [2.05, 4.69) is 15.2 Å². The molecule has 11 heteroatoms. The van der Waals surface area contributed by atoms with Gasteiger partial charge in [0.15, 0.2) is 0 Å². The fraction of sp³-hybridized carbons (Fsp3) is 0.444. The van der Waals surface area contributed by atoms with E-state index in [0.717, 1.165) is 47.0 Å². The number of halogens is 3. The van der Waals surface area contributed by atoms with E-state index in [0.29, 0.717) is 31.9 Å². The van der Waals surface area contributed by atoms with E-state index in [9.17, 15) is 18.0 Å². The number of nitrogens with one attached hydrogen (secondary N) is 1. The van der Waals surface area contributed by atoms with Crippen molar-refractivity contribution in [1.82, 2.24) is 19.4 Å². The van der Waals surface area contributed by atoms with E-state index >= 15 is 0 Å². The fourth-order valence-electron chi connectivity index (χ4n) is 5.03. The van der Waals surface area contributed by atoms with Crippen LogP contribution in [0.3, 0.4) is 0 Å². The molecule has 2 fully saturated rings. The largest absolute Gasteiger partial charge is 0.389 e. The Balaban J connectivity index is 1.41. The van der Waals surface area contributed by atoms with Crippen LogP contribution in [0.15, 0.2) is 42.9 Å². The molecule has 8 nitrogen and oxygen atoms in total. The molecule has 0 spiro atoms. The molecule has 0 radical (unpaired) electrons. The molecule has 202 valence electrons. The second kappa shape index (κ2) is 10.6. The van der Waals surface area contributed by atoms with Gasteiger partial charge in [-0.25, -0.2) is 14.8 Å².